The van der Waals surface area contributed by atoms with E-state index in [4.69, 9.17) is 33.2 Å². The van der Waals surface area contributed by atoms with Crippen LogP contribution in [0.2, 0.25) is 0 Å². The van der Waals surface area contributed by atoms with E-state index in [1.165, 1.54) is 6.92 Å². The third-order valence-electron chi connectivity index (χ3n) is 11.2. The summed E-state index contributed by atoms with van der Waals surface area (Å²) in [7, 11) is 0. The summed E-state index contributed by atoms with van der Waals surface area (Å²) < 4.78 is 61.7. The zero-order valence-electron chi connectivity index (χ0n) is 36.3. The fourth-order valence-electron chi connectivity index (χ4n) is 7.69. The molecule has 1 aliphatic rings. The van der Waals surface area contributed by atoms with E-state index in [1.807, 2.05) is 133 Å². The summed E-state index contributed by atoms with van der Waals surface area (Å²) >= 11 is 0. The number of ether oxygens (including phenoxy) is 7. The molecule has 1 saturated heterocycles. The number of alkyl halides is 1. The quantitative estimate of drug-likeness (QED) is 0.0521. The molecule has 0 saturated carbocycles. The number of fused-ring (bicyclic) bond motifs is 1. The highest BCUT2D eigenvalue weighted by molar-refractivity contribution is 5.83. The minimum atomic E-state index is -1.82. The van der Waals surface area contributed by atoms with Crippen molar-refractivity contribution in [2.24, 2.45) is 0 Å². The number of carbonyl (C=O) groups is 2. The van der Waals surface area contributed by atoms with Gasteiger partial charge in [-0.1, -0.05) is 158 Å². The maximum absolute atomic E-state index is 16.6. The molecule has 0 bridgehead atoms. The summed E-state index contributed by atoms with van der Waals surface area (Å²) in [4.78, 5) is 24.6. The summed E-state index contributed by atoms with van der Waals surface area (Å²) in [6.07, 6.45) is -6.79. The highest BCUT2D eigenvalue weighted by atomic mass is 19.1. The molecule has 1 heterocycles. The second-order valence-electron chi connectivity index (χ2n) is 16.1. The minimum absolute atomic E-state index is 0.00224. The molecule has 6 aromatic rings. The van der Waals surface area contributed by atoms with Crippen LogP contribution in [0.15, 0.2) is 164 Å². The van der Waals surface area contributed by atoms with Gasteiger partial charge in [0.2, 0.25) is 0 Å². The maximum Gasteiger partial charge on any atom is 0.306 e. The predicted octanol–water partition coefficient (Wildman–Crippen LogP) is 10.1. The Balaban J connectivity index is 1.15. The lowest BCUT2D eigenvalue weighted by Crippen LogP contribution is -2.48. The Morgan fingerprint density at radius 2 is 1.11 bits per heavy atom. The van der Waals surface area contributed by atoms with Gasteiger partial charge in [0.05, 0.1) is 46.1 Å². The van der Waals surface area contributed by atoms with Gasteiger partial charge in [-0.3, -0.25) is 4.79 Å². The number of hydrogen-bond acceptors (Lipinski definition) is 9. The lowest BCUT2D eigenvalue weighted by Gasteiger charge is -2.34. The van der Waals surface area contributed by atoms with Crippen LogP contribution in [0, 0.1) is 0 Å². The smallest absolute Gasteiger partial charge is 0.306 e. The van der Waals surface area contributed by atoms with Crippen LogP contribution in [-0.2, 0) is 75.6 Å². The van der Waals surface area contributed by atoms with Crippen LogP contribution in [0.1, 0.15) is 54.0 Å². The second kappa shape index (κ2) is 24.5. The predicted molar refractivity (Wildman–Crippen MR) is 243 cm³/mol. The van der Waals surface area contributed by atoms with Crippen LogP contribution in [0.3, 0.4) is 0 Å². The zero-order chi connectivity index (χ0) is 44.4. The standard InChI is InChI=1S/C54H57FO9/c1-39(56)26-31-50(57)64-53-47(30-28-40-16-6-2-7-17-40)63-54(51(53)55)62-38-49(60-35-42-20-10-4-11-21-42)52(61-36-43-22-12-5-13-23-43)48(59-34-41-18-8-3-9-19-41)37-58-33-44-27-29-45-24-14-15-25-46(45)32-44/h2-25,27,29,32,47-49,51-54H,26,28,30-31,33-38H2,1H3. The van der Waals surface area contributed by atoms with Gasteiger partial charge in [0.1, 0.15) is 30.2 Å². The normalized spacial score (nSPS) is 18.7. The van der Waals surface area contributed by atoms with Crippen molar-refractivity contribution in [2.75, 3.05) is 13.2 Å². The van der Waals surface area contributed by atoms with Gasteiger partial charge in [0, 0.05) is 6.42 Å². The van der Waals surface area contributed by atoms with E-state index in [0.29, 0.717) is 19.4 Å². The first kappa shape index (κ1) is 46.4. The van der Waals surface area contributed by atoms with Gasteiger partial charge in [0.15, 0.2) is 18.6 Å². The highest BCUT2D eigenvalue weighted by Gasteiger charge is 2.49. The molecule has 0 aliphatic carbocycles. The molecule has 10 heteroatoms. The van der Waals surface area contributed by atoms with E-state index in [1.54, 1.807) is 0 Å². The molecular weight excluding hydrogens is 812 g/mol. The summed E-state index contributed by atoms with van der Waals surface area (Å²) in [5.74, 6) is -0.827. The molecule has 9 nitrogen and oxygen atoms in total. The Kier molecular flexibility index (Phi) is 17.7. The molecule has 0 spiro atoms. The fraction of sp³-hybridized carbons (Fsp3) is 0.333. The molecule has 64 heavy (non-hydrogen) atoms. The largest absolute Gasteiger partial charge is 0.456 e. The van der Waals surface area contributed by atoms with E-state index >= 15 is 4.39 Å². The van der Waals surface area contributed by atoms with Crippen molar-refractivity contribution in [3.8, 4) is 0 Å². The number of aryl methyl sites for hydroxylation is 1. The van der Waals surface area contributed by atoms with Gasteiger partial charge in [-0.15, -0.1) is 0 Å². The minimum Gasteiger partial charge on any atom is -0.456 e. The van der Waals surface area contributed by atoms with Crippen LogP contribution in [0.4, 0.5) is 4.39 Å². The van der Waals surface area contributed by atoms with Crippen molar-refractivity contribution < 1.29 is 47.1 Å². The van der Waals surface area contributed by atoms with Gasteiger partial charge in [0.25, 0.3) is 0 Å². The lowest BCUT2D eigenvalue weighted by atomic mass is 10.0. The Morgan fingerprint density at radius 1 is 0.578 bits per heavy atom. The molecule has 0 radical (unpaired) electrons. The van der Waals surface area contributed by atoms with Gasteiger partial charge < -0.3 is 38.0 Å². The SMILES string of the molecule is CC(=O)CCC(=O)OC1C(CCc2ccccc2)OC(OCC(OCc2ccccc2)C(OCc2ccccc2)C(COCc2ccc3ccccc3c2)OCc2ccccc2)C1F. The van der Waals surface area contributed by atoms with E-state index in [2.05, 4.69) is 30.3 Å². The number of hydrogen-bond donors (Lipinski definition) is 0. The monoisotopic (exact) mass is 868 g/mol. The van der Waals surface area contributed by atoms with Gasteiger partial charge in [-0.05, 0) is 64.4 Å². The van der Waals surface area contributed by atoms with Crippen molar-refractivity contribution in [3.05, 3.63) is 192 Å². The summed E-state index contributed by atoms with van der Waals surface area (Å²) in [5.41, 5.74) is 4.86. The van der Waals surface area contributed by atoms with Crippen LogP contribution in [0.25, 0.3) is 10.8 Å². The number of carbonyl (C=O) groups excluding carboxylic acids is 2. The van der Waals surface area contributed by atoms with Gasteiger partial charge >= 0.3 is 5.97 Å². The molecule has 0 aromatic heterocycles. The first-order valence-corrected chi connectivity index (χ1v) is 22.0. The number of benzene rings is 6. The van der Waals surface area contributed by atoms with Gasteiger partial charge in [-0.2, -0.15) is 0 Å². The first-order chi connectivity index (χ1) is 31.4. The Bertz CT molecular complexity index is 2300. The van der Waals surface area contributed by atoms with E-state index < -0.39 is 49.0 Å². The second-order valence-corrected chi connectivity index (χ2v) is 16.1. The Morgan fingerprint density at radius 3 is 1.70 bits per heavy atom. The third kappa shape index (κ3) is 14.2. The number of Topliss-reactive ketones (excluding diaryl/α,β-unsaturated/α-hetero) is 1. The zero-order valence-corrected chi connectivity index (χ0v) is 36.3. The number of esters is 1. The van der Waals surface area contributed by atoms with E-state index in [0.717, 1.165) is 38.6 Å². The molecule has 1 aliphatic heterocycles. The van der Waals surface area contributed by atoms with Crippen molar-refractivity contribution in [3.63, 3.8) is 0 Å². The number of rotatable bonds is 25. The first-order valence-electron chi connectivity index (χ1n) is 22.0. The van der Waals surface area contributed by atoms with Crippen molar-refractivity contribution in [1.82, 2.24) is 0 Å². The fourth-order valence-corrected chi connectivity index (χ4v) is 7.69. The van der Waals surface area contributed by atoms with Crippen LogP contribution in [0.5, 0.6) is 0 Å². The number of ketones is 1. The summed E-state index contributed by atoms with van der Waals surface area (Å²) in [6, 6.07) is 53.6. The third-order valence-corrected chi connectivity index (χ3v) is 11.2. The molecule has 7 atom stereocenters. The summed E-state index contributed by atoms with van der Waals surface area (Å²) in [5, 5.41) is 2.26. The molecule has 0 amide bonds. The Hall–Kier alpha value is -5.59. The molecule has 6 aromatic carbocycles. The lowest BCUT2D eigenvalue weighted by molar-refractivity contribution is -0.212. The van der Waals surface area contributed by atoms with Crippen LogP contribution < -0.4 is 0 Å². The van der Waals surface area contributed by atoms with Crippen molar-refractivity contribution in [1.29, 1.82) is 0 Å². The average Bonchev–Trinajstić information content (AvgIpc) is 3.63. The average molecular weight is 869 g/mol. The summed E-state index contributed by atoms with van der Waals surface area (Å²) in [6.45, 7) is 2.38. The molecular formula is C54H57FO9. The molecule has 334 valence electrons. The van der Waals surface area contributed by atoms with E-state index in [-0.39, 0.29) is 51.7 Å². The molecule has 7 rings (SSSR count). The van der Waals surface area contributed by atoms with Crippen molar-refractivity contribution in [2.45, 2.75) is 102 Å². The Labute approximate surface area is 375 Å². The van der Waals surface area contributed by atoms with Crippen LogP contribution in [-0.4, -0.2) is 67.9 Å². The number of halogens is 1. The van der Waals surface area contributed by atoms with Crippen molar-refractivity contribution >= 4 is 22.5 Å². The highest BCUT2D eigenvalue weighted by Crippen LogP contribution is 2.32. The topological polar surface area (TPSA) is 98.8 Å². The molecule has 7 unspecified atom stereocenters. The van der Waals surface area contributed by atoms with Gasteiger partial charge in [-0.25, -0.2) is 4.39 Å². The van der Waals surface area contributed by atoms with Crippen LogP contribution >= 0.6 is 0 Å². The molecule has 0 N–H and O–H groups in total. The van der Waals surface area contributed by atoms with E-state index in [9.17, 15) is 9.59 Å². The molecule has 1 fully saturated rings. The maximum atomic E-state index is 16.6.